The second-order valence-electron chi connectivity index (χ2n) is 11.8. The molecular weight excluding hydrogens is 744 g/mol. The summed E-state index contributed by atoms with van der Waals surface area (Å²) in [5.74, 6) is -3.85. The van der Waals surface area contributed by atoms with Gasteiger partial charge in [-0.2, -0.15) is 0 Å². The number of oxime groups is 1. The molecule has 0 bridgehead atoms. The number of thioether (sulfide) groups is 1. The van der Waals surface area contributed by atoms with E-state index in [1.54, 1.807) is 23.8 Å². The van der Waals surface area contributed by atoms with Gasteiger partial charge >= 0.3 is 29.6 Å². The predicted octanol–water partition coefficient (Wildman–Crippen LogP) is 1.14. The van der Waals surface area contributed by atoms with E-state index in [1.807, 2.05) is 10.6 Å². The van der Waals surface area contributed by atoms with Gasteiger partial charge in [-0.1, -0.05) is 28.1 Å². The Kier molecular flexibility index (Phi) is 10.8. The number of ether oxygens (including phenoxy) is 1. The molecule has 0 aromatic carbocycles. The number of carbonyl (C=O) groups excluding carboxylic acids is 3. The fourth-order valence-corrected chi connectivity index (χ4v) is 8.33. The van der Waals surface area contributed by atoms with Crippen molar-refractivity contribution in [1.29, 1.82) is 0 Å². The van der Waals surface area contributed by atoms with Crippen molar-refractivity contribution < 1.29 is 48.3 Å². The van der Waals surface area contributed by atoms with Gasteiger partial charge in [0.2, 0.25) is 6.10 Å². The van der Waals surface area contributed by atoms with E-state index >= 15 is 0 Å². The van der Waals surface area contributed by atoms with Gasteiger partial charge in [0.05, 0.1) is 12.8 Å². The SMILES string of the molecule is CCOC(=O)Nc1nc2c(ccc[n+]2CC2=C(C(=O)O)N3C(=O)C(NC(=O)C(=NO[C@@H](C)C(=O)O)c4nc(N)sc4Cl)C3SC2)n1C1CCNCC1. The van der Waals surface area contributed by atoms with Crippen LogP contribution >= 0.6 is 34.7 Å². The third kappa shape index (κ3) is 7.20. The van der Waals surface area contributed by atoms with Gasteiger partial charge in [-0.05, 0) is 56.9 Å². The van der Waals surface area contributed by atoms with E-state index < -0.39 is 53.1 Å². The van der Waals surface area contributed by atoms with Gasteiger partial charge in [0.1, 0.15) is 39.2 Å². The van der Waals surface area contributed by atoms with E-state index in [9.17, 15) is 34.2 Å². The van der Waals surface area contributed by atoms with Crippen LogP contribution in [0.15, 0.2) is 34.8 Å². The molecule has 3 aromatic heterocycles. The number of hydrogen-bond acceptors (Lipinski definition) is 14. The first-order valence-corrected chi connectivity index (χ1v) is 18.3. The number of carboxylic acid groups (broad SMARTS) is 2. The van der Waals surface area contributed by atoms with Gasteiger partial charge in [0.15, 0.2) is 10.8 Å². The van der Waals surface area contributed by atoms with E-state index in [1.165, 1.54) is 18.7 Å². The highest BCUT2D eigenvalue weighted by Gasteiger charge is 2.55. The number of carboxylic acids is 2. The van der Waals surface area contributed by atoms with E-state index in [-0.39, 0.29) is 45.8 Å². The lowest BCUT2D eigenvalue weighted by molar-refractivity contribution is -0.664. The summed E-state index contributed by atoms with van der Waals surface area (Å²) < 4.78 is 8.81. The Balaban J connectivity index is 1.27. The lowest BCUT2D eigenvalue weighted by Gasteiger charge is -2.49. The molecule has 3 amide bonds. The number of imidazole rings is 1. The van der Waals surface area contributed by atoms with Crippen molar-refractivity contribution in [1.82, 2.24) is 30.1 Å². The molecule has 2 unspecified atom stereocenters. The zero-order valence-electron chi connectivity index (χ0n) is 27.7. The molecule has 52 heavy (non-hydrogen) atoms. The summed E-state index contributed by atoms with van der Waals surface area (Å²) >= 11 is 8.29. The maximum Gasteiger partial charge on any atom is 0.415 e. The number of amides is 3. The molecule has 3 atom stereocenters. The molecule has 0 saturated carbocycles. The van der Waals surface area contributed by atoms with Crippen LogP contribution in [0.2, 0.25) is 4.34 Å². The van der Waals surface area contributed by atoms with Crippen LogP contribution in [0.5, 0.6) is 0 Å². The van der Waals surface area contributed by atoms with Crippen molar-refractivity contribution in [2.45, 2.75) is 56.8 Å². The van der Waals surface area contributed by atoms with Crippen LogP contribution in [0, 0.1) is 0 Å². The molecule has 3 aromatic rings. The fourth-order valence-electron chi connectivity index (χ4n) is 6.07. The number of nitrogens with one attached hydrogen (secondary N) is 3. The number of nitrogen functional groups attached to an aromatic ring is 1. The smallest absolute Gasteiger partial charge is 0.415 e. The lowest BCUT2D eigenvalue weighted by atomic mass is 10.0. The molecule has 22 heteroatoms. The third-order valence-corrected chi connectivity index (χ3v) is 10.9. The summed E-state index contributed by atoms with van der Waals surface area (Å²) in [4.78, 5) is 78.2. The van der Waals surface area contributed by atoms with Crippen LogP contribution in [0.3, 0.4) is 0 Å². The Bertz CT molecular complexity index is 2010. The highest BCUT2D eigenvalue weighted by Crippen LogP contribution is 2.41. The van der Waals surface area contributed by atoms with Gasteiger partial charge < -0.3 is 36.2 Å². The number of nitrogens with zero attached hydrogens (tertiary/aromatic N) is 6. The van der Waals surface area contributed by atoms with E-state index in [2.05, 4.69) is 26.1 Å². The first kappa shape index (κ1) is 36.8. The summed E-state index contributed by atoms with van der Waals surface area (Å²) in [7, 11) is 0. The first-order chi connectivity index (χ1) is 24.9. The number of halogens is 1. The second kappa shape index (κ2) is 15.3. The van der Waals surface area contributed by atoms with Gasteiger partial charge in [0.25, 0.3) is 11.8 Å². The zero-order chi connectivity index (χ0) is 37.3. The maximum atomic E-state index is 13.5. The van der Waals surface area contributed by atoms with Gasteiger partial charge in [-0.25, -0.2) is 29.3 Å². The van der Waals surface area contributed by atoms with Crippen LogP contribution in [0.25, 0.3) is 11.2 Å². The Morgan fingerprint density at radius 2 is 2.00 bits per heavy atom. The molecule has 0 radical (unpaired) electrons. The Labute approximate surface area is 308 Å². The molecule has 3 aliphatic heterocycles. The van der Waals surface area contributed by atoms with Crippen molar-refractivity contribution in [3.8, 4) is 0 Å². The quantitative estimate of drug-likeness (QED) is 0.0653. The van der Waals surface area contributed by atoms with Crippen LogP contribution < -0.4 is 26.3 Å². The van der Waals surface area contributed by atoms with Crippen molar-refractivity contribution in [3.63, 3.8) is 0 Å². The summed E-state index contributed by atoms with van der Waals surface area (Å²) in [6.45, 7) is 4.70. The monoisotopic (exact) mass is 777 g/mol. The number of nitrogens with two attached hydrogens (primary N) is 1. The molecule has 6 rings (SSSR count). The Morgan fingerprint density at radius 1 is 1.25 bits per heavy atom. The number of thiazole rings is 1. The first-order valence-electron chi connectivity index (χ1n) is 16.0. The molecule has 7 N–H and O–H groups in total. The lowest BCUT2D eigenvalue weighted by Crippen LogP contribution is -2.71. The summed E-state index contributed by atoms with van der Waals surface area (Å²) in [6.07, 6.45) is 1.25. The standard InChI is InChI=1S/C30H33ClN10O9S2/c1-3-49-30(48)37-29-36-22-16(40(29)15-6-8-33-9-7-15)5-4-10-39(22)11-14-12-51-25-19(24(43)41(25)20(14)27(46)47)34-23(42)18(38-50-13(2)26(44)45)17-21(31)52-28(32)35-17/h4-5,10,13,15,19,25,33H,3,6-9,11-12H2,1-2H3,(H5,32,34,35,42,44,45,46,47)/p+1/t13-,19?,25?/m0/s1. The number of rotatable bonds is 12. The molecule has 2 fully saturated rings. The maximum absolute atomic E-state index is 13.5. The number of carbonyl (C=O) groups is 5. The fraction of sp³-hybridized carbons (Fsp3) is 0.433. The number of anilines is 2. The number of piperidine rings is 1. The minimum Gasteiger partial charge on any atom is -0.478 e. The van der Waals surface area contributed by atoms with Crippen LogP contribution in [-0.4, -0.2) is 108 Å². The summed E-state index contributed by atoms with van der Waals surface area (Å²) in [6, 6.07) is 2.54. The second-order valence-corrected chi connectivity index (χ2v) is 14.5. The average molecular weight is 778 g/mol. The predicted molar refractivity (Wildman–Crippen MR) is 188 cm³/mol. The zero-order valence-corrected chi connectivity index (χ0v) is 30.1. The van der Waals surface area contributed by atoms with Crippen molar-refractivity contribution in [2.24, 2.45) is 5.16 Å². The van der Waals surface area contributed by atoms with E-state index in [0.717, 1.165) is 47.7 Å². The highest BCUT2D eigenvalue weighted by atomic mass is 35.5. The largest absolute Gasteiger partial charge is 0.478 e. The third-order valence-electron chi connectivity index (χ3n) is 8.47. The molecular formula is C30H34ClN10O9S2+. The molecule has 276 valence electrons. The molecule has 0 aliphatic carbocycles. The number of β-lactam (4-membered cyclic amide) rings is 1. The highest BCUT2D eigenvalue weighted by molar-refractivity contribution is 8.00. The summed E-state index contributed by atoms with van der Waals surface area (Å²) in [5.41, 5.74) is 6.45. The average Bonchev–Trinajstić information content (AvgIpc) is 3.65. The van der Waals surface area contributed by atoms with Crippen LogP contribution in [-0.2, 0) is 35.3 Å². The number of aromatic nitrogens is 4. The number of pyridine rings is 1. The number of hydrogen-bond donors (Lipinski definition) is 6. The van der Waals surface area contributed by atoms with Crippen LogP contribution in [0.4, 0.5) is 15.9 Å². The normalized spacial score (nSPS) is 19.9. The Morgan fingerprint density at radius 3 is 2.65 bits per heavy atom. The van der Waals surface area contributed by atoms with Crippen molar-refractivity contribution in [2.75, 3.05) is 36.5 Å². The van der Waals surface area contributed by atoms with Gasteiger partial charge in [-0.15, -0.1) is 11.8 Å². The minimum atomic E-state index is -1.43. The summed E-state index contributed by atoms with van der Waals surface area (Å²) in [5, 5.41) is 31.0. The minimum absolute atomic E-state index is 0.00220. The van der Waals surface area contributed by atoms with E-state index in [4.69, 9.17) is 31.9 Å². The Hall–Kier alpha value is -4.99. The number of aliphatic carboxylic acids is 2. The van der Waals surface area contributed by atoms with Crippen LogP contribution in [0.1, 0.15) is 38.4 Å². The van der Waals surface area contributed by atoms with Crippen molar-refractivity contribution >= 4 is 92.5 Å². The van der Waals surface area contributed by atoms with E-state index in [0.29, 0.717) is 17.2 Å². The topological polar surface area (TPSA) is 257 Å². The number of fused-ring (bicyclic) bond motifs is 2. The molecule has 0 spiro atoms. The molecule has 2 saturated heterocycles. The van der Waals surface area contributed by atoms with Gasteiger partial charge in [0, 0.05) is 17.4 Å². The molecule has 3 aliphatic rings. The molecule has 19 nitrogen and oxygen atoms in total. The van der Waals surface area contributed by atoms with Gasteiger partial charge in [-0.3, -0.25) is 19.1 Å². The van der Waals surface area contributed by atoms with Crippen molar-refractivity contribution in [3.05, 3.63) is 39.6 Å². The molecule has 6 heterocycles.